The minimum absolute atomic E-state index is 0.263. The fourth-order valence-electron chi connectivity index (χ4n) is 3.09. The number of ether oxygens (including phenoxy) is 1. The molecule has 0 aliphatic carbocycles. The number of rotatable bonds is 4. The Morgan fingerprint density at radius 3 is 2.80 bits per heavy atom. The van der Waals surface area contributed by atoms with Gasteiger partial charge >= 0.3 is 0 Å². The van der Waals surface area contributed by atoms with Crippen LogP contribution in [0.2, 0.25) is 5.02 Å². The van der Waals surface area contributed by atoms with Crippen LogP contribution in [0.5, 0.6) is 5.75 Å². The SMILES string of the molecule is CC(=O)NC1=NC(=O)C(=Cc2cc(Cl)ccc2OCc2cccc3ccccc23)S1. The lowest BCUT2D eigenvalue weighted by atomic mass is 10.1. The van der Waals surface area contributed by atoms with Crippen molar-refractivity contribution in [2.75, 3.05) is 0 Å². The largest absolute Gasteiger partial charge is 0.488 e. The van der Waals surface area contributed by atoms with Crippen LogP contribution in [0, 0.1) is 0 Å². The van der Waals surface area contributed by atoms with Gasteiger partial charge in [-0.1, -0.05) is 54.1 Å². The first-order valence-electron chi connectivity index (χ1n) is 9.19. The molecule has 30 heavy (non-hydrogen) atoms. The van der Waals surface area contributed by atoms with Crippen molar-refractivity contribution in [1.82, 2.24) is 5.32 Å². The van der Waals surface area contributed by atoms with E-state index < -0.39 is 5.91 Å². The topological polar surface area (TPSA) is 67.8 Å². The summed E-state index contributed by atoms with van der Waals surface area (Å²) in [6.45, 7) is 1.74. The number of carbonyl (C=O) groups excluding carboxylic acids is 2. The molecule has 2 amide bonds. The molecule has 1 heterocycles. The molecule has 0 saturated carbocycles. The zero-order chi connectivity index (χ0) is 21.1. The first kappa shape index (κ1) is 20.2. The number of carbonyl (C=O) groups is 2. The van der Waals surface area contributed by atoms with Gasteiger partial charge in [-0.15, -0.1) is 0 Å². The van der Waals surface area contributed by atoms with Crippen molar-refractivity contribution in [3.05, 3.63) is 81.7 Å². The highest BCUT2D eigenvalue weighted by atomic mass is 35.5. The monoisotopic (exact) mass is 436 g/mol. The molecular weight excluding hydrogens is 420 g/mol. The Kier molecular flexibility index (Phi) is 5.88. The minimum atomic E-state index is -0.413. The van der Waals surface area contributed by atoms with Gasteiger partial charge in [0.05, 0.1) is 4.91 Å². The predicted molar refractivity (Wildman–Crippen MR) is 122 cm³/mol. The second-order valence-corrected chi connectivity index (χ2v) is 8.09. The van der Waals surface area contributed by atoms with Gasteiger partial charge in [-0.3, -0.25) is 9.59 Å². The van der Waals surface area contributed by atoms with Crippen molar-refractivity contribution in [2.45, 2.75) is 13.5 Å². The van der Waals surface area contributed by atoms with Gasteiger partial charge in [-0.2, -0.15) is 4.99 Å². The smallest absolute Gasteiger partial charge is 0.286 e. The van der Waals surface area contributed by atoms with Crippen LogP contribution < -0.4 is 10.1 Å². The molecule has 0 spiro atoms. The maximum absolute atomic E-state index is 12.2. The number of nitrogens with zero attached hydrogens (tertiary/aromatic N) is 1. The summed E-state index contributed by atoms with van der Waals surface area (Å²) in [5, 5.41) is 5.60. The zero-order valence-corrected chi connectivity index (χ0v) is 17.6. The Labute approximate surface area is 182 Å². The standard InChI is InChI=1S/C23H17ClN2O3S/c1-14(27)25-23-26-22(28)21(30-23)12-17-11-18(24)9-10-20(17)29-13-16-7-4-6-15-5-2-3-8-19(15)16/h2-12H,13H2,1H3,(H,25,26,27,28). The third kappa shape index (κ3) is 4.56. The lowest BCUT2D eigenvalue weighted by Gasteiger charge is -2.12. The molecule has 1 N–H and O–H groups in total. The third-order valence-electron chi connectivity index (χ3n) is 4.43. The van der Waals surface area contributed by atoms with E-state index in [9.17, 15) is 9.59 Å². The molecule has 1 aliphatic rings. The molecule has 150 valence electrons. The number of hydrogen-bond acceptors (Lipinski definition) is 4. The number of benzene rings is 3. The molecule has 0 atom stereocenters. The van der Waals surface area contributed by atoms with Crippen LogP contribution in [0.1, 0.15) is 18.1 Å². The lowest BCUT2D eigenvalue weighted by Crippen LogP contribution is -2.23. The number of hydrogen-bond donors (Lipinski definition) is 1. The minimum Gasteiger partial charge on any atom is -0.488 e. The molecule has 3 aromatic carbocycles. The van der Waals surface area contributed by atoms with Crippen molar-refractivity contribution in [3.8, 4) is 5.75 Å². The van der Waals surface area contributed by atoms with Crippen LogP contribution in [0.4, 0.5) is 0 Å². The average molecular weight is 437 g/mol. The Morgan fingerprint density at radius 1 is 1.17 bits per heavy atom. The van der Waals surface area contributed by atoms with Gasteiger partial charge in [-0.25, -0.2) is 0 Å². The van der Waals surface area contributed by atoms with Gasteiger partial charge in [0.1, 0.15) is 12.4 Å². The summed E-state index contributed by atoms with van der Waals surface area (Å²) in [6.07, 6.45) is 1.68. The van der Waals surface area contributed by atoms with E-state index in [2.05, 4.69) is 28.5 Å². The van der Waals surface area contributed by atoms with Crippen molar-refractivity contribution in [3.63, 3.8) is 0 Å². The number of fused-ring (bicyclic) bond motifs is 1. The first-order chi connectivity index (χ1) is 14.5. The number of aliphatic imine (C=N–C) groups is 1. The van der Waals surface area contributed by atoms with E-state index in [1.807, 2.05) is 24.3 Å². The molecular formula is C23H17ClN2O3S. The number of thioether (sulfide) groups is 1. The molecule has 0 radical (unpaired) electrons. The van der Waals surface area contributed by atoms with Gasteiger partial charge in [0.25, 0.3) is 5.91 Å². The number of halogens is 1. The second-order valence-electron chi connectivity index (χ2n) is 6.62. The van der Waals surface area contributed by atoms with Crippen LogP contribution >= 0.6 is 23.4 Å². The van der Waals surface area contributed by atoms with Gasteiger partial charge in [-0.05, 0) is 52.4 Å². The summed E-state index contributed by atoms with van der Waals surface area (Å²) < 4.78 is 6.09. The fraction of sp³-hybridized carbons (Fsp3) is 0.0870. The quantitative estimate of drug-likeness (QED) is 0.572. The predicted octanol–water partition coefficient (Wildman–Crippen LogP) is 5.18. The van der Waals surface area contributed by atoms with E-state index in [0.717, 1.165) is 28.1 Å². The van der Waals surface area contributed by atoms with Gasteiger partial charge in [0.15, 0.2) is 5.17 Å². The van der Waals surface area contributed by atoms with E-state index in [1.54, 1.807) is 24.3 Å². The fourth-order valence-corrected chi connectivity index (χ4v) is 4.12. The Balaban J connectivity index is 1.59. The summed E-state index contributed by atoms with van der Waals surface area (Å²) in [5.41, 5.74) is 1.72. The third-order valence-corrected chi connectivity index (χ3v) is 5.56. The Morgan fingerprint density at radius 2 is 1.97 bits per heavy atom. The molecule has 0 fully saturated rings. The summed E-state index contributed by atoms with van der Waals surface area (Å²) in [7, 11) is 0. The van der Waals surface area contributed by atoms with Gasteiger partial charge in [0.2, 0.25) is 5.91 Å². The van der Waals surface area contributed by atoms with Crippen LogP contribution in [0.25, 0.3) is 16.8 Å². The summed E-state index contributed by atoms with van der Waals surface area (Å²) in [4.78, 5) is 27.6. The van der Waals surface area contributed by atoms with E-state index in [0.29, 0.717) is 27.8 Å². The molecule has 5 nitrogen and oxygen atoms in total. The van der Waals surface area contributed by atoms with Gasteiger partial charge < -0.3 is 10.1 Å². The molecule has 0 saturated heterocycles. The summed E-state index contributed by atoms with van der Waals surface area (Å²) in [6, 6.07) is 19.5. The number of amidine groups is 1. The van der Waals surface area contributed by atoms with Gasteiger partial charge in [0, 0.05) is 17.5 Å². The molecule has 0 bridgehead atoms. The van der Waals surface area contributed by atoms with Crippen LogP contribution in [0.15, 0.2) is 70.6 Å². The highest BCUT2D eigenvalue weighted by Gasteiger charge is 2.23. The molecule has 4 rings (SSSR count). The van der Waals surface area contributed by atoms with Crippen LogP contribution in [-0.2, 0) is 16.2 Å². The Hall–Kier alpha value is -3.09. The summed E-state index contributed by atoms with van der Waals surface area (Å²) >= 11 is 7.27. The van der Waals surface area contributed by atoms with E-state index in [4.69, 9.17) is 16.3 Å². The van der Waals surface area contributed by atoms with E-state index >= 15 is 0 Å². The average Bonchev–Trinajstić information content (AvgIpc) is 3.05. The normalized spacial score (nSPS) is 14.8. The Bertz CT molecular complexity index is 1210. The second kappa shape index (κ2) is 8.73. The molecule has 7 heteroatoms. The first-order valence-corrected chi connectivity index (χ1v) is 10.4. The lowest BCUT2D eigenvalue weighted by molar-refractivity contribution is -0.117. The number of amides is 2. The molecule has 0 unspecified atom stereocenters. The van der Waals surface area contributed by atoms with E-state index in [-0.39, 0.29) is 11.1 Å². The molecule has 0 aromatic heterocycles. The molecule has 3 aromatic rings. The van der Waals surface area contributed by atoms with Crippen LogP contribution in [0.3, 0.4) is 0 Å². The van der Waals surface area contributed by atoms with Crippen molar-refractivity contribution >= 4 is 57.2 Å². The van der Waals surface area contributed by atoms with Crippen molar-refractivity contribution in [2.24, 2.45) is 4.99 Å². The summed E-state index contributed by atoms with van der Waals surface area (Å²) in [5.74, 6) is -0.0953. The van der Waals surface area contributed by atoms with Crippen molar-refractivity contribution in [1.29, 1.82) is 0 Å². The van der Waals surface area contributed by atoms with E-state index in [1.165, 1.54) is 6.92 Å². The maximum atomic E-state index is 12.2. The van der Waals surface area contributed by atoms with Crippen LogP contribution in [-0.4, -0.2) is 17.0 Å². The number of nitrogens with one attached hydrogen (secondary N) is 1. The van der Waals surface area contributed by atoms with Crippen molar-refractivity contribution < 1.29 is 14.3 Å². The molecule has 1 aliphatic heterocycles. The zero-order valence-electron chi connectivity index (χ0n) is 16.0. The maximum Gasteiger partial charge on any atom is 0.286 e. The highest BCUT2D eigenvalue weighted by Crippen LogP contribution is 2.32. The highest BCUT2D eigenvalue weighted by molar-refractivity contribution is 8.18.